The Morgan fingerprint density at radius 3 is 2.68 bits per heavy atom. The first-order valence-corrected chi connectivity index (χ1v) is 5.49. The molecule has 0 aliphatic rings. The van der Waals surface area contributed by atoms with Gasteiger partial charge in [-0.1, -0.05) is 0 Å². The van der Waals surface area contributed by atoms with Crippen molar-refractivity contribution in [3.8, 4) is 5.69 Å². The molecule has 19 heavy (non-hydrogen) atoms. The number of nitro benzene ring substituents is 1. The van der Waals surface area contributed by atoms with Crippen LogP contribution in [0.2, 0.25) is 0 Å². The molecule has 1 aromatic heterocycles. The zero-order chi connectivity index (χ0) is 14.0. The SMILES string of the molecule is CN(C)C(=O)c1ccc([N+](=O)[O-])c(-n2ccnc2)c1. The molecule has 0 saturated heterocycles. The summed E-state index contributed by atoms with van der Waals surface area (Å²) in [6.45, 7) is 0. The summed E-state index contributed by atoms with van der Waals surface area (Å²) in [6.07, 6.45) is 4.56. The van der Waals surface area contributed by atoms with Crippen molar-refractivity contribution >= 4 is 11.6 Å². The predicted octanol–water partition coefficient (Wildman–Crippen LogP) is 1.48. The van der Waals surface area contributed by atoms with E-state index in [-0.39, 0.29) is 11.6 Å². The van der Waals surface area contributed by atoms with Crippen molar-refractivity contribution in [2.75, 3.05) is 14.1 Å². The number of hydrogen-bond acceptors (Lipinski definition) is 4. The van der Waals surface area contributed by atoms with Gasteiger partial charge in [0.15, 0.2) is 0 Å². The summed E-state index contributed by atoms with van der Waals surface area (Å²) in [4.78, 5) is 27.7. The molecule has 0 atom stereocenters. The standard InChI is InChI=1S/C12H12N4O3/c1-14(2)12(17)9-3-4-10(16(18)19)11(7-9)15-6-5-13-8-15/h3-8H,1-2H3. The summed E-state index contributed by atoms with van der Waals surface area (Å²) in [5.41, 5.74) is 0.628. The van der Waals surface area contributed by atoms with Crippen LogP contribution in [0.3, 0.4) is 0 Å². The zero-order valence-corrected chi connectivity index (χ0v) is 10.5. The van der Waals surface area contributed by atoms with Gasteiger partial charge in [-0.05, 0) is 12.1 Å². The number of aromatic nitrogens is 2. The Kier molecular flexibility index (Phi) is 3.28. The number of carbonyl (C=O) groups excluding carboxylic acids is 1. The number of nitrogens with zero attached hydrogens (tertiary/aromatic N) is 4. The van der Waals surface area contributed by atoms with Gasteiger partial charge in [0, 0.05) is 38.1 Å². The van der Waals surface area contributed by atoms with Crippen LogP contribution in [0.25, 0.3) is 5.69 Å². The lowest BCUT2D eigenvalue weighted by Gasteiger charge is -2.11. The van der Waals surface area contributed by atoms with E-state index in [0.717, 1.165) is 0 Å². The lowest BCUT2D eigenvalue weighted by molar-refractivity contribution is -0.384. The van der Waals surface area contributed by atoms with Crippen molar-refractivity contribution in [2.24, 2.45) is 0 Å². The monoisotopic (exact) mass is 260 g/mol. The minimum atomic E-state index is -0.487. The third-order valence-electron chi connectivity index (χ3n) is 2.61. The topological polar surface area (TPSA) is 81.3 Å². The summed E-state index contributed by atoms with van der Waals surface area (Å²) in [5, 5.41) is 11.0. The van der Waals surface area contributed by atoms with E-state index >= 15 is 0 Å². The summed E-state index contributed by atoms with van der Waals surface area (Å²) in [7, 11) is 3.25. The highest BCUT2D eigenvalue weighted by Gasteiger charge is 2.18. The number of nitro groups is 1. The molecule has 0 bridgehead atoms. The van der Waals surface area contributed by atoms with Crippen molar-refractivity contribution in [3.05, 3.63) is 52.6 Å². The molecule has 1 heterocycles. The maximum Gasteiger partial charge on any atom is 0.293 e. The molecule has 0 aliphatic carbocycles. The van der Waals surface area contributed by atoms with Crippen molar-refractivity contribution in [1.29, 1.82) is 0 Å². The van der Waals surface area contributed by atoms with Crippen LogP contribution in [0.4, 0.5) is 5.69 Å². The smallest absolute Gasteiger partial charge is 0.293 e. The van der Waals surface area contributed by atoms with Gasteiger partial charge in [-0.25, -0.2) is 4.98 Å². The Morgan fingerprint density at radius 2 is 2.16 bits per heavy atom. The molecular formula is C12H12N4O3. The third-order valence-corrected chi connectivity index (χ3v) is 2.61. The quantitative estimate of drug-likeness (QED) is 0.618. The second-order valence-electron chi connectivity index (χ2n) is 4.13. The molecule has 98 valence electrons. The molecule has 0 N–H and O–H groups in total. The van der Waals surface area contributed by atoms with Crippen LogP contribution in [0.1, 0.15) is 10.4 Å². The molecule has 0 spiro atoms. The number of benzene rings is 1. The maximum absolute atomic E-state index is 11.9. The Labute approximate surface area is 109 Å². The Bertz CT molecular complexity index is 620. The number of carbonyl (C=O) groups is 1. The molecule has 0 radical (unpaired) electrons. The van der Waals surface area contributed by atoms with Crippen molar-refractivity contribution in [1.82, 2.24) is 14.5 Å². The normalized spacial score (nSPS) is 10.2. The fourth-order valence-electron chi connectivity index (χ4n) is 1.68. The number of rotatable bonds is 3. The average molecular weight is 260 g/mol. The van der Waals surface area contributed by atoms with Crippen LogP contribution < -0.4 is 0 Å². The van der Waals surface area contributed by atoms with Crippen LogP contribution in [0, 0.1) is 10.1 Å². The van der Waals surface area contributed by atoms with Crippen LogP contribution in [0.15, 0.2) is 36.9 Å². The summed E-state index contributed by atoms with van der Waals surface area (Å²) in [6, 6.07) is 4.26. The van der Waals surface area contributed by atoms with E-state index in [2.05, 4.69) is 4.98 Å². The highest BCUT2D eigenvalue weighted by Crippen LogP contribution is 2.24. The molecule has 1 amide bonds. The third kappa shape index (κ3) is 2.44. The minimum absolute atomic E-state index is 0.0756. The summed E-state index contributed by atoms with van der Waals surface area (Å²) >= 11 is 0. The van der Waals surface area contributed by atoms with Crippen LogP contribution in [-0.4, -0.2) is 39.4 Å². The van der Waals surface area contributed by atoms with E-state index < -0.39 is 4.92 Å². The summed E-state index contributed by atoms with van der Waals surface area (Å²) in [5.74, 6) is -0.212. The molecule has 7 nitrogen and oxygen atoms in total. The lowest BCUT2D eigenvalue weighted by Crippen LogP contribution is -2.21. The van der Waals surface area contributed by atoms with Crippen LogP contribution >= 0.6 is 0 Å². The minimum Gasteiger partial charge on any atom is -0.345 e. The number of amides is 1. The Balaban J connectivity index is 2.57. The van der Waals surface area contributed by atoms with Crippen molar-refractivity contribution in [2.45, 2.75) is 0 Å². The first-order chi connectivity index (χ1) is 9.00. The van der Waals surface area contributed by atoms with E-state index in [1.165, 1.54) is 40.2 Å². The van der Waals surface area contributed by atoms with Gasteiger partial charge in [0.05, 0.1) is 11.3 Å². The van der Waals surface area contributed by atoms with Gasteiger partial charge in [-0.15, -0.1) is 0 Å². The van der Waals surface area contributed by atoms with Gasteiger partial charge in [0.1, 0.15) is 5.69 Å². The Morgan fingerprint density at radius 1 is 1.42 bits per heavy atom. The van der Waals surface area contributed by atoms with Crippen molar-refractivity contribution < 1.29 is 9.72 Å². The number of imidazole rings is 1. The van der Waals surface area contributed by atoms with Crippen molar-refractivity contribution in [3.63, 3.8) is 0 Å². The van der Waals surface area contributed by atoms with Crippen LogP contribution in [0.5, 0.6) is 0 Å². The number of hydrogen-bond donors (Lipinski definition) is 0. The molecular weight excluding hydrogens is 248 g/mol. The fraction of sp³-hybridized carbons (Fsp3) is 0.167. The molecule has 0 aliphatic heterocycles. The van der Waals surface area contributed by atoms with Gasteiger partial charge in [0.2, 0.25) is 0 Å². The molecule has 0 fully saturated rings. The molecule has 7 heteroatoms. The Hall–Kier alpha value is -2.70. The average Bonchev–Trinajstić information content (AvgIpc) is 2.90. The van der Waals surface area contributed by atoms with Gasteiger partial charge < -0.3 is 9.47 Å². The predicted molar refractivity (Wildman–Crippen MR) is 68.2 cm³/mol. The first-order valence-electron chi connectivity index (χ1n) is 5.49. The van der Waals surface area contributed by atoms with E-state index in [9.17, 15) is 14.9 Å². The highest BCUT2D eigenvalue weighted by atomic mass is 16.6. The molecule has 0 unspecified atom stereocenters. The molecule has 2 aromatic rings. The molecule has 0 saturated carbocycles. The second kappa shape index (κ2) is 4.89. The largest absolute Gasteiger partial charge is 0.345 e. The zero-order valence-electron chi connectivity index (χ0n) is 10.5. The maximum atomic E-state index is 11.9. The fourth-order valence-corrected chi connectivity index (χ4v) is 1.68. The van der Waals surface area contributed by atoms with Gasteiger partial charge in [-0.3, -0.25) is 14.9 Å². The van der Waals surface area contributed by atoms with Gasteiger partial charge >= 0.3 is 0 Å². The van der Waals surface area contributed by atoms with E-state index in [1.807, 2.05) is 0 Å². The summed E-state index contributed by atoms with van der Waals surface area (Å²) < 4.78 is 1.50. The van der Waals surface area contributed by atoms with Crippen LogP contribution in [-0.2, 0) is 0 Å². The van der Waals surface area contributed by atoms with E-state index in [1.54, 1.807) is 20.3 Å². The lowest BCUT2D eigenvalue weighted by atomic mass is 10.1. The van der Waals surface area contributed by atoms with Gasteiger partial charge in [0.25, 0.3) is 11.6 Å². The van der Waals surface area contributed by atoms with Gasteiger partial charge in [-0.2, -0.15) is 0 Å². The molecule has 1 aromatic carbocycles. The molecule has 2 rings (SSSR count). The first kappa shape index (κ1) is 12.7. The van der Waals surface area contributed by atoms with E-state index in [4.69, 9.17) is 0 Å². The van der Waals surface area contributed by atoms with E-state index in [0.29, 0.717) is 11.3 Å². The highest BCUT2D eigenvalue weighted by molar-refractivity contribution is 5.95. The second-order valence-corrected chi connectivity index (χ2v) is 4.13.